The van der Waals surface area contributed by atoms with Crippen molar-refractivity contribution in [1.29, 1.82) is 0 Å². The Balaban J connectivity index is 2.22. The number of fused-ring (bicyclic) bond motifs is 1. The molecule has 0 unspecified atom stereocenters. The highest BCUT2D eigenvalue weighted by Gasteiger charge is 2.40. The van der Waals surface area contributed by atoms with Crippen LogP contribution >= 0.6 is 0 Å². The quantitative estimate of drug-likeness (QED) is 0.542. The third kappa shape index (κ3) is 2.43. The summed E-state index contributed by atoms with van der Waals surface area (Å²) in [6, 6.07) is 0. The van der Waals surface area contributed by atoms with Gasteiger partial charge in [0.2, 0.25) is 0 Å². The van der Waals surface area contributed by atoms with Gasteiger partial charge in [0.15, 0.2) is 0 Å². The van der Waals surface area contributed by atoms with Crippen LogP contribution in [0.3, 0.4) is 0 Å². The number of hydrogen-bond acceptors (Lipinski definition) is 1. The Hall–Kier alpha value is -0.720. The van der Waals surface area contributed by atoms with E-state index < -0.39 is 0 Å². The highest BCUT2D eigenvalue weighted by Crippen LogP contribution is 2.48. The number of rotatable bonds is 2. The maximum absolute atomic E-state index is 9.68. The second-order valence-electron chi connectivity index (χ2n) is 6.29. The molecule has 0 aromatic heterocycles. The summed E-state index contributed by atoms with van der Waals surface area (Å²) in [6.07, 6.45) is 7.67. The van der Waals surface area contributed by atoms with Crippen molar-refractivity contribution in [2.75, 3.05) is 0 Å². The molecule has 0 heterocycles. The molecule has 0 saturated heterocycles. The van der Waals surface area contributed by atoms with Gasteiger partial charge in [-0.25, -0.2) is 0 Å². The number of aliphatic hydroxyl groups is 1. The topological polar surface area (TPSA) is 20.2 Å². The Morgan fingerprint density at radius 3 is 2.76 bits per heavy atom. The van der Waals surface area contributed by atoms with Gasteiger partial charge in [-0.15, -0.1) is 0 Å². The molecule has 1 fully saturated rings. The van der Waals surface area contributed by atoms with Gasteiger partial charge in [0.25, 0.3) is 0 Å². The predicted octanol–water partition coefficient (Wildman–Crippen LogP) is 4.71. The number of allylic oxidation sites excluding steroid dienone is 3. The second-order valence-corrected chi connectivity index (χ2v) is 6.29. The molecule has 96 valence electrons. The Kier molecular flexibility index (Phi) is 3.65. The molecule has 1 saturated carbocycles. The zero-order valence-electron chi connectivity index (χ0n) is 11.4. The number of aliphatic hydroxyl groups excluding tert-OH is 1. The summed E-state index contributed by atoms with van der Waals surface area (Å²) < 4.78 is 0. The van der Waals surface area contributed by atoms with Crippen molar-refractivity contribution >= 4 is 0 Å². The molecule has 0 bridgehead atoms. The van der Waals surface area contributed by atoms with E-state index in [4.69, 9.17) is 0 Å². The summed E-state index contributed by atoms with van der Waals surface area (Å²) in [5, 5.41) is 9.68. The fourth-order valence-corrected chi connectivity index (χ4v) is 3.92. The molecule has 5 atom stereocenters. The molecule has 2 aliphatic carbocycles. The SMILES string of the molecule is C=C(O)[C@H](C)[C@@H]1CC[C@@H](C)[C@@H]2CCC(C)=C[C@@H]21. The monoisotopic (exact) mass is 234 g/mol. The summed E-state index contributed by atoms with van der Waals surface area (Å²) in [5.74, 6) is 3.58. The Labute approximate surface area is 106 Å². The van der Waals surface area contributed by atoms with E-state index in [1.54, 1.807) is 5.57 Å². The zero-order chi connectivity index (χ0) is 12.6. The molecular formula is C16H26O. The molecular weight excluding hydrogens is 208 g/mol. The van der Waals surface area contributed by atoms with Gasteiger partial charge in [0, 0.05) is 5.92 Å². The lowest BCUT2D eigenvalue weighted by atomic mass is 9.60. The van der Waals surface area contributed by atoms with Crippen molar-refractivity contribution in [3.8, 4) is 0 Å². The van der Waals surface area contributed by atoms with Gasteiger partial charge in [-0.2, -0.15) is 0 Å². The summed E-state index contributed by atoms with van der Waals surface area (Å²) in [4.78, 5) is 0. The molecule has 0 amide bonds. The molecule has 1 nitrogen and oxygen atoms in total. The van der Waals surface area contributed by atoms with Gasteiger partial charge in [0.05, 0.1) is 5.76 Å². The lowest BCUT2D eigenvalue weighted by Crippen LogP contribution is -2.37. The van der Waals surface area contributed by atoms with Gasteiger partial charge in [0.1, 0.15) is 0 Å². The van der Waals surface area contributed by atoms with Crippen LogP contribution in [0, 0.1) is 29.6 Å². The van der Waals surface area contributed by atoms with Crippen molar-refractivity contribution in [1.82, 2.24) is 0 Å². The Morgan fingerprint density at radius 2 is 2.12 bits per heavy atom. The Morgan fingerprint density at radius 1 is 1.41 bits per heavy atom. The van der Waals surface area contributed by atoms with Crippen molar-refractivity contribution in [2.45, 2.75) is 46.5 Å². The van der Waals surface area contributed by atoms with E-state index in [9.17, 15) is 5.11 Å². The fourth-order valence-electron chi connectivity index (χ4n) is 3.92. The van der Waals surface area contributed by atoms with E-state index in [0.717, 1.165) is 11.8 Å². The molecule has 0 aromatic rings. The summed E-state index contributed by atoms with van der Waals surface area (Å²) in [7, 11) is 0. The molecule has 0 aliphatic heterocycles. The van der Waals surface area contributed by atoms with Crippen LogP contribution in [0.15, 0.2) is 24.0 Å². The lowest BCUT2D eigenvalue weighted by molar-refractivity contribution is 0.0802. The third-order valence-corrected chi connectivity index (χ3v) is 5.19. The maximum Gasteiger partial charge on any atom is 0.0882 e. The van der Waals surface area contributed by atoms with E-state index >= 15 is 0 Å². The second kappa shape index (κ2) is 4.88. The standard InChI is InChI=1S/C16H26O/c1-10-5-7-14-11(2)6-8-15(16(14)9-10)12(3)13(4)17/h9,11-12,14-17H,4-8H2,1-3H3/t11-,12+,14+,15+,16+/m1/s1. The van der Waals surface area contributed by atoms with Crippen LogP contribution in [0.4, 0.5) is 0 Å². The maximum atomic E-state index is 9.68. The van der Waals surface area contributed by atoms with Crippen LogP contribution in [-0.2, 0) is 0 Å². The largest absolute Gasteiger partial charge is 0.513 e. The first-order valence-electron chi connectivity index (χ1n) is 7.05. The first-order chi connectivity index (χ1) is 8.00. The van der Waals surface area contributed by atoms with Crippen LogP contribution in [0.2, 0.25) is 0 Å². The highest BCUT2D eigenvalue weighted by atomic mass is 16.3. The average molecular weight is 234 g/mol. The molecule has 0 radical (unpaired) electrons. The van der Waals surface area contributed by atoms with Crippen molar-refractivity contribution in [3.05, 3.63) is 24.0 Å². The molecule has 1 N–H and O–H groups in total. The first kappa shape index (κ1) is 12.7. The molecule has 1 heteroatoms. The van der Waals surface area contributed by atoms with Gasteiger partial charge in [-0.05, 0) is 49.9 Å². The van der Waals surface area contributed by atoms with E-state index in [1.807, 2.05) is 0 Å². The Bertz CT molecular complexity index is 328. The molecule has 17 heavy (non-hydrogen) atoms. The number of hydrogen-bond donors (Lipinski definition) is 1. The van der Waals surface area contributed by atoms with Crippen LogP contribution in [0.1, 0.15) is 46.5 Å². The minimum atomic E-state index is 0.247. The molecule has 0 spiro atoms. The highest BCUT2D eigenvalue weighted by molar-refractivity contribution is 5.12. The van der Waals surface area contributed by atoms with Crippen LogP contribution in [0.25, 0.3) is 0 Å². The minimum absolute atomic E-state index is 0.247. The average Bonchev–Trinajstić information content (AvgIpc) is 2.28. The lowest BCUT2D eigenvalue weighted by Gasteiger charge is -2.45. The van der Waals surface area contributed by atoms with Crippen LogP contribution in [0.5, 0.6) is 0 Å². The van der Waals surface area contributed by atoms with Gasteiger partial charge < -0.3 is 5.11 Å². The normalized spacial score (nSPS) is 39.1. The zero-order valence-corrected chi connectivity index (χ0v) is 11.4. The third-order valence-electron chi connectivity index (χ3n) is 5.19. The van der Waals surface area contributed by atoms with E-state index in [-0.39, 0.29) is 5.92 Å². The van der Waals surface area contributed by atoms with Crippen molar-refractivity contribution in [3.63, 3.8) is 0 Å². The van der Waals surface area contributed by atoms with Gasteiger partial charge >= 0.3 is 0 Å². The minimum Gasteiger partial charge on any atom is -0.513 e. The molecule has 2 rings (SSSR count). The molecule has 2 aliphatic rings. The fraction of sp³-hybridized carbons (Fsp3) is 0.750. The smallest absolute Gasteiger partial charge is 0.0882 e. The summed E-state index contributed by atoms with van der Waals surface area (Å²) >= 11 is 0. The van der Waals surface area contributed by atoms with Crippen LogP contribution < -0.4 is 0 Å². The summed E-state index contributed by atoms with van der Waals surface area (Å²) in [6.45, 7) is 10.5. The van der Waals surface area contributed by atoms with Crippen molar-refractivity contribution in [2.24, 2.45) is 29.6 Å². The summed E-state index contributed by atoms with van der Waals surface area (Å²) in [5.41, 5.74) is 1.54. The van der Waals surface area contributed by atoms with Crippen molar-refractivity contribution < 1.29 is 5.11 Å². The van der Waals surface area contributed by atoms with E-state index in [2.05, 4.69) is 33.4 Å². The van der Waals surface area contributed by atoms with Gasteiger partial charge in [-0.1, -0.05) is 38.5 Å². The predicted molar refractivity (Wildman–Crippen MR) is 72.8 cm³/mol. The van der Waals surface area contributed by atoms with E-state index in [0.29, 0.717) is 17.6 Å². The van der Waals surface area contributed by atoms with E-state index in [1.165, 1.54) is 25.7 Å². The van der Waals surface area contributed by atoms with Crippen LogP contribution in [-0.4, -0.2) is 5.11 Å². The molecule has 0 aromatic carbocycles. The van der Waals surface area contributed by atoms with Gasteiger partial charge in [-0.3, -0.25) is 0 Å². The first-order valence-corrected chi connectivity index (χ1v) is 7.05.